The van der Waals surface area contributed by atoms with Crippen LogP contribution in [0.5, 0.6) is 5.75 Å². The molecule has 6 heteroatoms. The van der Waals surface area contributed by atoms with Gasteiger partial charge in [0.15, 0.2) is 12.3 Å². The van der Waals surface area contributed by atoms with Gasteiger partial charge in [-0.1, -0.05) is 36.4 Å². The monoisotopic (exact) mass is 323 g/mol. The molecule has 0 spiro atoms. The van der Waals surface area contributed by atoms with Gasteiger partial charge in [0.25, 0.3) is 0 Å². The fraction of sp³-hybridized carbons (Fsp3) is 0.0556. The summed E-state index contributed by atoms with van der Waals surface area (Å²) in [6.45, 7) is -0.469. The number of esters is 1. The molecule has 0 saturated carbocycles. The Morgan fingerprint density at radius 2 is 1.83 bits per heavy atom. The minimum Gasteiger partial charge on any atom is -0.481 e. The van der Waals surface area contributed by atoms with Crippen molar-refractivity contribution in [1.82, 2.24) is 0 Å². The number of benzene rings is 2. The molecule has 1 aliphatic rings. The van der Waals surface area contributed by atoms with Crippen molar-refractivity contribution in [3.8, 4) is 5.75 Å². The van der Waals surface area contributed by atoms with Crippen molar-refractivity contribution in [2.24, 2.45) is 4.99 Å². The van der Waals surface area contributed by atoms with Crippen molar-refractivity contribution >= 4 is 23.9 Å². The van der Waals surface area contributed by atoms with Crippen LogP contribution in [-0.2, 0) is 14.3 Å². The number of hydrogen-bond acceptors (Lipinski definition) is 5. The number of aliphatic imine (C=N–C) groups is 1. The lowest BCUT2D eigenvalue weighted by Crippen LogP contribution is -2.10. The number of para-hydroxylation sites is 1. The van der Waals surface area contributed by atoms with Gasteiger partial charge in [0, 0.05) is 11.1 Å². The van der Waals surface area contributed by atoms with E-state index >= 15 is 0 Å². The standard InChI is InChI=1S/C18H13NO5/c20-16(21)11-23-15-9-5-4-8-13(15)10-14-18(22)24-17(19-14)12-6-2-1-3-7-12/h1-10H,11H2,(H,20,21). The van der Waals surface area contributed by atoms with E-state index in [0.717, 1.165) is 0 Å². The van der Waals surface area contributed by atoms with E-state index in [1.807, 2.05) is 18.2 Å². The largest absolute Gasteiger partial charge is 0.481 e. The predicted molar refractivity (Wildman–Crippen MR) is 86.6 cm³/mol. The molecule has 0 radical (unpaired) electrons. The van der Waals surface area contributed by atoms with Gasteiger partial charge in [0.2, 0.25) is 5.90 Å². The predicted octanol–water partition coefficient (Wildman–Crippen LogP) is 2.49. The molecule has 0 fully saturated rings. The van der Waals surface area contributed by atoms with Gasteiger partial charge in [-0.15, -0.1) is 0 Å². The summed E-state index contributed by atoms with van der Waals surface area (Å²) in [6.07, 6.45) is 1.51. The lowest BCUT2D eigenvalue weighted by Gasteiger charge is -2.06. The second-order valence-electron chi connectivity index (χ2n) is 4.92. The van der Waals surface area contributed by atoms with Gasteiger partial charge in [0.05, 0.1) is 0 Å². The topological polar surface area (TPSA) is 85.2 Å². The van der Waals surface area contributed by atoms with Crippen LogP contribution in [0.4, 0.5) is 0 Å². The van der Waals surface area contributed by atoms with Crippen LogP contribution in [0.15, 0.2) is 65.3 Å². The Morgan fingerprint density at radius 3 is 2.58 bits per heavy atom. The lowest BCUT2D eigenvalue weighted by atomic mass is 10.1. The van der Waals surface area contributed by atoms with Gasteiger partial charge in [-0.2, -0.15) is 0 Å². The minimum atomic E-state index is -1.08. The smallest absolute Gasteiger partial charge is 0.363 e. The molecule has 120 valence electrons. The number of carboxylic acids is 1. The normalized spacial score (nSPS) is 15.1. The molecule has 0 amide bonds. The summed E-state index contributed by atoms with van der Waals surface area (Å²) < 4.78 is 10.4. The summed E-state index contributed by atoms with van der Waals surface area (Å²) in [5.74, 6) is -1.07. The van der Waals surface area contributed by atoms with Gasteiger partial charge in [-0.3, -0.25) is 0 Å². The first-order chi connectivity index (χ1) is 11.6. The zero-order valence-electron chi connectivity index (χ0n) is 12.5. The maximum Gasteiger partial charge on any atom is 0.363 e. The highest BCUT2D eigenvalue weighted by Crippen LogP contribution is 2.24. The Morgan fingerprint density at radius 1 is 1.12 bits per heavy atom. The fourth-order valence-electron chi connectivity index (χ4n) is 2.13. The van der Waals surface area contributed by atoms with Crippen LogP contribution in [0.2, 0.25) is 0 Å². The number of carbonyl (C=O) groups is 2. The van der Waals surface area contributed by atoms with Crippen molar-refractivity contribution in [3.63, 3.8) is 0 Å². The first-order valence-corrected chi connectivity index (χ1v) is 7.15. The molecule has 1 heterocycles. The fourth-order valence-corrected chi connectivity index (χ4v) is 2.13. The van der Waals surface area contributed by atoms with Gasteiger partial charge in [0.1, 0.15) is 5.75 Å². The van der Waals surface area contributed by atoms with Crippen LogP contribution in [-0.4, -0.2) is 29.5 Å². The van der Waals surface area contributed by atoms with Crippen LogP contribution >= 0.6 is 0 Å². The SMILES string of the molecule is O=C(O)COc1ccccc1C=C1N=C(c2ccccc2)OC1=O. The lowest BCUT2D eigenvalue weighted by molar-refractivity contribution is -0.139. The molecule has 2 aromatic rings. The number of carboxylic acid groups (broad SMARTS) is 1. The van der Waals surface area contributed by atoms with Crippen LogP contribution in [0, 0.1) is 0 Å². The van der Waals surface area contributed by atoms with Crippen molar-refractivity contribution in [2.75, 3.05) is 6.61 Å². The minimum absolute atomic E-state index is 0.125. The number of ether oxygens (including phenoxy) is 2. The zero-order chi connectivity index (χ0) is 16.9. The van der Waals surface area contributed by atoms with Crippen molar-refractivity contribution in [1.29, 1.82) is 0 Å². The summed E-state index contributed by atoms with van der Waals surface area (Å²) in [4.78, 5) is 26.8. The van der Waals surface area contributed by atoms with Crippen molar-refractivity contribution in [3.05, 3.63) is 71.4 Å². The van der Waals surface area contributed by atoms with E-state index in [9.17, 15) is 9.59 Å². The van der Waals surface area contributed by atoms with Crippen LogP contribution in [0.3, 0.4) is 0 Å². The average Bonchev–Trinajstić information content (AvgIpc) is 2.96. The van der Waals surface area contributed by atoms with Crippen molar-refractivity contribution in [2.45, 2.75) is 0 Å². The van der Waals surface area contributed by atoms with Crippen LogP contribution in [0.25, 0.3) is 6.08 Å². The molecule has 2 aromatic carbocycles. The molecule has 3 rings (SSSR count). The summed E-state index contributed by atoms with van der Waals surface area (Å²) >= 11 is 0. The quantitative estimate of drug-likeness (QED) is 0.675. The molecule has 0 aromatic heterocycles. The summed E-state index contributed by atoms with van der Waals surface area (Å²) in [5, 5.41) is 8.72. The van der Waals surface area contributed by atoms with E-state index in [1.165, 1.54) is 6.08 Å². The molecule has 0 atom stereocenters. The molecule has 6 nitrogen and oxygen atoms in total. The number of rotatable bonds is 5. The summed E-state index contributed by atoms with van der Waals surface area (Å²) in [6, 6.07) is 15.9. The first kappa shape index (κ1) is 15.5. The van der Waals surface area contributed by atoms with E-state index in [0.29, 0.717) is 16.9 Å². The number of aliphatic carboxylic acids is 1. The van der Waals surface area contributed by atoms with Gasteiger partial charge in [-0.05, 0) is 24.3 Å². The number of nitrogens with zero attached hydrogens (tertiary/aromatic N) is 1. The Balaban J connectivity index is 1.90. The highest BCUT2D eigenvalue weighted by Gasteiger charge is 2.24. The van der Waals surface area contributed by atoms with E-state index in [1.54, 1.807) is 36.4 Å². The molecule has 0 unspecified atom stereocenters. The van der Waals surface area contributed by atoms with Crippen LogP contribution < -0.4 is 4.74 Å². The van der Waals surface area contributed by atoms with E-state index in [4.69, 9.17) is 14.6 Å². The van der Waals surface area contributed by atoms with E-state index in [2.05, 4.69) is 4.99 Å². The van der Waals surface area contributed by atoms with Crippen molar-refractivity contribution < 1.29 is 24.2 Å². The second kappa shape index (κ2) is 6.78. The third-order valence-corrected chi connectivity index (χ3v) is 3.20. The Kier molecular flexibility index (Phi) is 4.38. The van der Waals surface area contributed by atoms with Gasteiger partial charge >= 0.3 is 11.9 Å². The van der Waals surface area contributed by atoms with Gasteiger partial charge < -0.3 is 14.6 Å². The molecule has 0 saturated heterocycles. The van der Waals surface area contributed by atoms with Crippen LogP contribution in [0.1, 0.15) is 11.1 Å². The summed E-state index contributed by atoms with van der Waals surface area (Å²) in [5.41, 5.74) is 1.37. The molecule has 1 N–H and O–H groups in total. The average molecular weight is 323 g/mol. The Labute approximate surface area is 137 Å². The zero-order valence-corrected chi connectivity index (χ0v) is 12.5. The number of cyclic esters (lactones) is 1. The maximum atomic E-state index is 12.0. The number of hydrogen-bond donors (Lipinski definition) is 1. The third kappa shape index (κ3) is 3.49. The molecular weight excluding hydrogens is 310 g/mol. The molecule has 0 aliphatic carbocycles. The van der Waals surface area contributed by atoms with E-state index < -0.39 is 18.5 Å². The highest BCUT2D eigenvalue weighted by molar-refractivity contribution is 6.12. The number of carbonyl (C=O) groups excluding carboxylic acids is 1. The Bertz CT molecular complexity index is 839. The molecule has 0 bridgehead atoms. The molecule has 1 aliphatic heterocycles. The second-order valence-corrected chi connectivity index (χ2v) is 4.92. The highest BCUT2D eigenvalue weighted by atomic mass is 16.6. The molecule has 24 heavy (non-hydrogen) atoms. The first-order valence-electron chi connectivity index (χ1n) is 7.15. The third-order valence-electron chi connectivity index (χ3n) is 3.20. The molecular formula is C18H13NO5. The summed E-state index contributed by atoms with van der Waals surface area (Å²) in [7, 11) is 0. The van der Waals surface area contributed by atoms with E-state index in [-0.39, 0.29) is 11.6 Å². The van der Waals surface area contributed by atoms with Gasteiger partial charge in [-0.25, -0.2) is 14.6 Å². The Hall–Kier alpha value is -3.41. The maximum absolute atomic E-state index is 12.0.